The molecule has 0 radical (unpaired) electrons. The van der Waals surface area contributed by atoms with Crippen LogP contribution in [-0.2, 0) is 6.54 Å². The molecule has 0 bridgehead atoms. The molecule has 0 saturated heterocycles. The Morgan fingerprint density at radius 3 is 2.68 bits per heavy atom. The van der Waals surface area contributed by atoms with Crippen molar-refractivity contribution >= 4 is 34.5 Å². The minimum Gasteiger partial charge on any atom is -0.315 e. The minimum absolute atomic E-state index is 0.374. The van der Waals surface area contributed by atoms with E-state index >= 15 is 0 Å². The SMILES string of the molecule is CNCc1sc(-c2ncc(Cl)cc2Cl)nc1C(C)C. The van der Waals surface area contributed by atoms with Gasteiger partial charge in [0.05, 0.1) is 15.7 Å². The average molecular weight is 316 g/mol. The molecule has 0 aliphatic rings. The number of aromatic nitrogens is 2. The summed E-state index contributed by atoms with van der Waals surface area (Å²) in [6.45, 7) is 5.07. The van der Waals surface area contributed by atoms with E-state index in [1.54, 1.807) is 23.6 Å². The second-order valence-corrected chi connectivity index (χ2v) is 6.42. The van der Waals surface area contributed by atoms with Crippen molar-refractivity contribution in [3.63, 3.8) is 0 Å². The number of hydrogen-bond donors (Lipinski definition) is 1. The van der Waals surface area contributed by atoms with E-state index in [1.807, 2.05) is 7.05 Å². The zero-order valence-electron chi connectivity index (χ0n) is 11.0. The van der Waals surface area contributed by atoms with Gasteiger partial charge in [-0.05, 0) is 19.0 Å². The van der Waals surface area contributed by atoms with Crippen LogP contribution in [0.2, 0.25) is 10.0 Å². The monoisotopic (exact) mass is 315 g/mol. The molecule has 0 spiro atoms. The molecule has 2 aromatic rings. The Kier molecular flexibility index (Phi) is 4.79. The molecule has 2 aromatic heterocycles. The van der Waals surface area contributed by atoms with Gasteiger partial charge in [-0.1, -0.05) is 37.0 Å². The van der Waals surface area contributed by atoms with Gasteiger partial charge in [0.25, 0.3) is 0 Å². The van der Waals surface area contributed by atoms with E-state index < -0.39 is 0 Å². The van der Waals surface area contributed by atoms with Crippen molar-refractivity contribution in [1.29, 1.82) is 0 Å². The lowest BCUT2D eigenvalue weighted by Crippen LogP contribution is -2.06. The van der Waals surface area contributed by atoms with Crippen molar-refractivity contribution < 1.29 is 0 Å². The van der Waals surface area contributed by atoms with E-state index in [0.29, 0.717) is 21.7 Å². The predicted molar refractivity (Wildman–Crippen MR) is 82.2 cm³/mol. The van der Waals surface area contributed by atoms with Gasteiger partial charge in [0.2, 0.25) is 0 Å². The van der Waals surface area contributed by atoms with Crippen molar-refractivity contribution in [2.24, 2.45) is 0 Å². The highest BCUT2D eigenvalue weighted by atomic mass is 35.5. The normalized spacial score (nSPS) is 11.3. The Bertz CT molecular complexity index is 581. The molecule has 102 valence electrons. The zero-order chi connectivity index (χ0) is 14.0. The van der Waals surface area contributed by atoms with Crippen LogP contribution in [0, 0.1) is 0 Å². The lowest BCUT2D eigenvalue weighted by Gasteiger charge is -2.03. The van der Waals surface area contributed by atoms with Gasteiger partial charge in [0.1, 0.15) is 10.7 Å². The number of nitrogens with one attached hydrogen (secondary N) is 1. The Morgan fingerprint density at radius 2 is 2.11 bits per heavy atom. The van der Waals surface area contributed by atoms with Gasteiger partial charge in [-0.3, -0.25) is 4.98 Å². The van der Waals surface area contributed by atoms with E-state index in [-0.39, 0.29) is 0 Å². The Morgan fingerprint density at radius 1 is 1.37 bits per heavy atom. The molecular weight excluding hydrogens is 301 g/mol. The first-order valence-corrected chi connectivity index (χ1v) is 7.55. The first kappa shape index (κ1) is 14.7. The molecule has 0 atom stereocenters. The molecule has 2 rings (SSSR count). The van der Waals surface area contributed by atoms with Gasteiger partial charge in [0, 0.05) is 17.6 Å². The standard InChI is InChI=1S/C13H15Cl2N3S/c1-7(2)11-10(6-16-3)19-13(18-11)12-9(15)4-8(14)5-17-12/h4-5,7,16H,6H2,1-3H3. The summed E-state index contributed by atoms with van der Waals surface area (Å²) in [6.07, 6.45) is 1.59. The number of nitrogens with zero attached hydrogens (tertiary/aromatic N) is 2. The van der Waals surface area contributed by atoms with E-state index in [0.717, 1.165) is 17.2 Å². The van der Waals surface area contributed by atoms with Crippen LogP contribution in [0.15, 0.2) is 12.3 Å². The van der Waals surface area contributed by atoms with Crippen LogP contribution in [0.25, 0.3) is 10.7 Å². The van der Waals surface area contributed by atoms with E-state index in [4.69, 9.17) is 23.2 Å². The maximum Gasteiger partial charge on any atom is 0.143 e. The first-order valence-electron chi connectivity index (χ1n) is 5.98. The summed E-state index contributed by atoms with van der Waals surface area (Å²) < 4.78 is 0. The van der Waals surface area contributed by atoms with Crippen LogP contribution in [-0.4, -0.2) is 17.0 Å². The molecule has 3 nitrogen and oxygen atoms in total. The second-order valence-electron chi connectivity index (χ2n) is 4.50. The number of hydrogen-bond acceptors (Lipinski definition) is 4. The van der Waals surface area contributed by atoms with Crippen LogP contribution < -0.4 is 5.32 Å². The number of thiazole rings is 1. The quantitative estimate of drug-likeness (QED) is 0.911. The molecule has 0 unspecified atom stereocenters. The Balaban J connectivity index is 2.47. The molecule has 0 aromatic carbocycles. The van der Waals surface area contributed by atoms with Crippen LogP contribution >= 0.6 is 34.5 Å². The average Bonchev–Trinajstić information content (AvgIpc) is 2.73. The smallest absolute Gasteiger partial charge is 0.143 e. The third-order valence-corrected chi connectivity index (χ3v) is 4.19. The number of halogens is 2. The van der Waals surface area contributed by atoms with Gasteiger partial charge < -0.3 is 5.32 Å². The summed E-state index contributed by atoms with van der Waals surface area (Å²) in [5.74, 6) is 0.374. The van der Waals surface area contributed by atoms with Gasteiger partial charge in [-0.15, -0.1) is 11.3 Å². The van der Waals surface area contributed by atoms with Crippen LogP contribution in [0.5, 0.6) is 0 Å². The number of rotatable bonds is 4. The highest BCUT2D eigenvalue weighted by molar-refractivity contribution is 7.15. The van der Waals surface area contributed by atoms with Crippen LogP contribution in [0.1, 0.15) is 30.3 Å². The fourth-order valence-electron chi connectivity index (χ4n) is 1.78. The molecule has 0 fully saturated rings. The second kappa shape index (κ2) is 6.18. The fraction of sp³-hybridized carbons (Fsp3) is 0.385. The first-order chi connectivity index (χ1) is 9.02. The molecular formula is C13H15Cl2N3S. The molecule has 0 saturated carbocycles. The van der Waals surface area contributed by atoms with Gasteiger partial charge in [-0.25, -0.2) is 4.98 Å². The zero-order valence-corrected chi connectivity index (χ0v) is 13.3. The molecule has 2 heterocycles. The largest absolute Gasteiger partial charge is 0.315 e. The molecule has 0 aliphatic heterocycles. The molecule has 6 heteroatoms. The third kappa shape index (κ3) is 3.26. The topological polar surface area (TPSA) is 37.8 Å². The van der Waals surface area contributed by atoms with Crippen molar-refractivity contribution in [2.45, 2.75) is 26.3 Å². The summed E-state index contributed by atoms with van der Waals surface area (Å²) >= 11 is 13.7. The fourth-order valence-corrected chi connectivity index (χ4v) is 3.54. The van der Waals surface area contributed by atoms with Gasteiger partial charge >= 0.3 is 0 Å². The maximum atomic E-state index is 6.19. The molecule has 0 amide bonds. The Hall–Kier alpha value is -0.680. The highest BCUT2D eigenvalue weighted by Gasteiger charge is 2.17. The van der Waals surface area contributed by atoms with Crippen LogP contribution in [0.4, 0.5) is 0 Å². The predicted octanol–water partition coefficient (Wildman–Crippen LogP) is 4.35. The molecule has 1 N–H and O–H groups in total. The van der Waals surface area contributed by atoms with Gasteiger partial charge in [0.15, 0.2) is 0 Å². The summed E-state index contributed by atoms with van der Waals surface area (Å²) in [5.41, 5.74) is 1.79. The van der Waals surface area contributed by atoms with E-state index in [9.17, 15) is 0 Å². The van der Waals surface area contributed by atoms with Crippen molar-refractivity contribution in [1.82, 2.24) is 15.3 Å². The summed E-state index contributed by atoms with van der Waals surface area (Å²) in [4.78, 5) is 10.2. The summed E-state index contributed by atoms with van der Waals surface area (Å²) in [7, 11) is 1.93. The van der Waals surface area contributed by atoms with Crippen molar-refractivity contribution in [3.8, 4) is 10.7 Å². The molecule has 19 heavy (non-hydrogen) atoms. The van der Waals surface area contributed by atoms with Crippen LogP contribution in [0.3, 0.4) is 0 Å². The highest BCUT2D eigenvalue weighted by Crippen LogP contribution is 2.34. The van der Waals surface area contributed by atoms with Crippen molar-refractivity contribution in [2.75, 3.05) is 7.05 Å². The van der Waals surface area contributed by atoms with Crippen molar-refractivity contribution in [3.05, 3.63) is 32.9 Å². The summed E-state index contributed by atoms with van der Waals surface area (Å²) in [5, 5.41) is 5.07. The van der Waals surface area contributed by atoms with Gasteiger partial charge in [-0.2, -0.15) is 0 Å². The lowest BCUT2D eigenvalue weighted by atomic mass is 10.1. The van der Waals surface area contributed by atoms with E-state index in [2.05, 4.69) is 29.1 Å². The lowest BCUT2D eigenvalue weighted by molar-refractivity contribution is 0.771. The molecule has 0 aliphatic carbocycles. The van der Waals surface area contributed by atoms with E-state index in [1.165, 1.54) is 4.88 Å². The Labute approximate surface area is 127 Å². The minimum atomic E-state index is 0.374. The third-order valence-electron chi connectivity index (χ3n) is 2.62. The summed E-state index contributed by atoms with van der Waals surface area (Å²) in [6, 6.07) is 1.69. The maximum absolute atomic E-state index is 6.19. The number of pyridine rings is 1.